The molecule has 0 aromatic heterocycles. The van der Waals surface area contributed by atoms with E-state index in [0.29, 0.717) is 16.9 Å². The van der Waals surface area contributed by atoms with Gasteiger partial charge in [0.2, 0.25) is 5.91 Å². The molecule has 0 saturated carbocycles. The lowest BCUT2D eigenvalue weighted by molar-refractivity contribution is 0.0999. The molecule has 104 valence electrons. The molecule has 0 atom stereocenters. The number of halogens is 1. The first-order valence-electron chi connectivity index (χ1n) is 5.98. The Morgan fingerprint density at radius 3 is 2.75 bits per heavy atom. The molecule has 4 nitrogen and oxygen atoms in total. The van der Waals surface area contributed by atoms with Gasteiger partial charge in [-0.15, -0.1) is 0 Å². The summed E-state index contributed by atoms with van der Waals surface area (Å²) in [6.07, 6.45) is 0. The predicted molar refractivity (Wildman–Crippen MR) is 72.1 cm³/mol. The maximum Gasteiger partial charge on any atom is 0.248 e. The average Bonchev–Trinajstić information content (AvgIpc) is 2.41. The molecule has 3 N–H and O–H groups in total. The van der Waals surface area contributed by atoms with Crippen LogP contribution >= 0.6 is 0 Å². The molecule has 1 amide bonds. The molecule has 2 rings (SSSR count). The Kier molecular flexibility index (Phi) is 3.89. The summed E-state index contributed by atoms with van der Waals surface area (Å²) in [5.41, 5.74) is 6.07. The molecular weight excluding hydrogens is 261 g/mol. The highest BCUT2D eigenvalue weighted by Crippen LogP contribution is 2.27. The average molecular weight is 275 g/mol. The van der Waals surface area contributed by atoms with Gasteiger partial charge in [-0.1, -0.05) is 12.1 Å². The van der Waals surface area contributed by atoms with Crippen molar-refractivity contribution in [1.82, 2.24) is 0 Å². The van der Waals surface area contributed by atoms with Crippen LogP contribution < -0.4 is 10.5 Å². The minimum atomic E-state index is -0.680. The van der Waals surface area contributed by atoms with Crippen molar-refractivity contribution in [3.05, 3.63) is 58.9 Å². The summed E-state index contributed by atoms with van der Waals surface area (Å²) in [7, 11) is 0. The molecule has 0 saturated heterocycles. The number of nitrogens with two attached hydrogens (primary N) is 1. The van der Waals surface area contributed by atoms with Gasteiger partial charge in [-0.05, 0) is 31.2 Å². The number of rotatable bonds is 4. The Morgan fingerprint density at radius 1 is 1.35 bits per heavy atom. The number of benzene rings is 2. The lowest BCUT2D eigenvalue weighted by atomic mass is 10.1. The molecule has 0 radical (unpaired) electrons. The van der Waals surface area contributed by atoms with E-state index < -0.39 is 11.7 Å². The fourth-order valence-electron chi connectivity index (χ4n) is 1.73. The Hall–Kier alpha value is -2.56. The molecule has 20 heavy (non-hydrogen) atoms. The van der Waals surface area contributed by atoms with Gasteiger partial charge in [-0.2, -0.15) is 0 Å². The third-order valence-corrected chi connectivity index (χ3v) is 2.98. The van der Waals surface area contributed by atoms with Gasteiger partial charge in [0.05, 0.1) is 0 Å². The number of amides is 1. The van der Waals surface area contributed by atoms with Gasteiger partial charge in [0.15, 0.2) is 0 Å². The largest absolute Gasteiger partial charge is 0.508 e. The fraction of sp³-hybridized carbons (Fsp3) is 0.133. The van der Waals surface area contributed by atoms with E-state index in [1.54, 1.807) is 25.1 Å². The number of phenols is 1. The first-order valence-corrected chi connectivity index (χ1v) is 5.98. The highest BCUT2D eigenvalue weighted by molar-refractivity contribution is 5.92. The van der Waals surface area contributed by atoms with E-state index in [9.17, 15) is 14.3 Å². The van der Waals surface area contributed by atoms with Crippen molar-refractivity contribution in [2.24, 2.45) is 5.73 Å². The van der Waals surface area contributed by atoms with Crippen molar-refractivity contribution in [3.63, 3.8) is 0 Å². The minimum Gasteiger partial charge on any atom is -0.508 e. The van der Waals surface area contributed by atoms with Gasteiger partial charge in [0.1, 0.15) is 23.9 Å². The Labute approximate surface area is 115 Å². The maximum absolute atomic E-state index is 13.8. The van der Waals surface area contributed by atoms with E-state index in [0.717, 1.165) is 6.07 Å². The highest BCUT2D eigenvalue weighted by atomic mass is 19.1. The second-order valence-electron chi connectivity index (χ2n) is 4.36. The highest BCUT2D eigenvalue weighted by Gasteiger charge is 2.09. The SMILES string of the molecule is Cc1c(O)cccc1OCc1ccc(C(N)=O)cc1F. The second kappa shape index (κ2) is 5.61. The number of carbonyl (C=O) groups is 1. The quantitative estimate of drug-likeness (QED) is 0.900. The van der Waals surface area contributed by atoms with E-state index in [-0.39, 0.29) is 17.9 Å². The molecular formula is C15H14FNO3. The van der Waals surface area contributed by atoms with E-state index in [1.807, 2.05) is 0 Å². The van der Waals surface area contributed by atoms with Crippen molar-refractivity contribution < 1.29 is 19.0 Å². The number of primary amides is 1. The fourth-order valence-corrected chi connectivity index (χ4v) is 1.73. The molecule has 0 unspecified atom stereocenters. The molecule has 0 aliphatic carbocycles. The van der Waals surface area contributed by atoms with Crippen LogP contribution in [-0.4, -0.2) is 11.0 Å². The van der Waals surface area contributed by atoms with Crippen molar-refractivity contribution in [2.45, 2.75) is 13.5 Å². The van der Waals surface area contributed by atoms with Crippen LogP contribution in [-0.2, 0) is 6.61 Å². The maximum atomic E-state index is 13.8. The van der Waals surface area contributed by atoms with Crippen LogP contribution in [0, 0.1) is 12.7 Å². The standard InChI is InChI=1S/C15H14FNO3/c1-9-13(18)3-2-4-14(9)20-8-11-6-5-10(15(17)19)7-12(11)16/h2-7,18H,8H2,1H3,(H2,17,19). The van der Waals surface area contributed by atoms with Gasteiger partial charge in [0.25, 0.3) is 0 Å². The monoisotopic (exact) mass is 275 g/mol. The third kappa shape index (κ3) is 2.88. The number of hydrogen-bond donors (Lipinski definition) is 2. The van der Waals surface area contributed by atoms with Gasteiger partial charge < -0.3 is 15.6 Å². The van der Waals surface area contributed by atoms with Crippen molar-refractivity contribution in [2.75, 3.05) is 0 Å². The summed E-state index contributed by atoms with van der Waals surface area (Å²) < 4.78 is 19.2. The van der Waals surface area contributed by atoms with Crippen molar-refractivity contribution >= 4 is 5.91 Å². The molecule has 0 spiro atoms. The van der Waals surface area contributed by atoms with E-state index >= 15 is 0 Å². The van der Waals surface area contributed by atoms with Gasteiger partial charge in [0, 0.05) is 16.7 Å². The Bertz CT molecular complexity index is 656. The summed E-state index contributed by atoms with van der Waals surface area (Å²) in [5.74, 6) is -0.644. The number of ether oxygens (including phenoxy) is 1. The van der Waals surface area contributed by atoms with E-state index in [2.05, 4.69) is 0 Å². The molecule has 0 aliphatic heterocycles. The van der Waals surface area contributed by atoms with E-state index in [1.165, 1.54) is 12.1 Å². The number of phenolic OH excluding ortho intramolecular Hbond substituents is 1. The first-order chi connectivity index (χ1) is 9.49. The third-order valence-electron chi connectivity index (χ3n) is 2.98. The first kappa shape index (κ1) is 13.9. The van der Waals surface area contributed by atoms with Crippen LogP contribution in [0.15, 0.2) is 36.4 Å². The summed E-state index contributed by atoms with van der Waals surface area (Å²) in [6, 6.07) is 8.85. The smallest absolute Gasteiger partial charge is 0.248 e. The van der Waals surface area contributed by atoms with Crippen LogP contribution in [0.5, 0.6) is 11.5 Å². The van der Waals surface area contributed by atoms with Gasteiger partial charge in [-0.3, -0.25) is 4.79 Å². The lowest BCUT2D eigenvalue weighted by Crippen LogP contribution is -2.11. The van der Waals surface area contributed by atoms with Crippen molar-refractivity contribution in [3.8, 4) is 11.5 Å². The van der Waals surface area contributed by atoms with Crippen LogP contribution in [0.4, 0.5) is 4.39 Å². The molecule has 5 heteroatoms. The topological polar surface area (TPSA) is 72.6 Å². The number of hydrogen-bond acceptors (Lipinski definition) is 3. The zero-order chi connectivity index (χ0) is 14.7. The minimum absolute atomic E-state index is 0.00479. The molecule has 0 heterocycles. The zero-order valence-electron chi connectivity index (χ0n) is 10.9. The van der Waals surface area contributed by atoms with Crippen LogP contribution in [0.3, 0.4) is 0 Å². The van der Waals surface area contributed by atoms with Crippen molar-refractivity contribution in [1.29, 1.82) is 0 Å². The summed E-state index contributed by atoms with van der Waals surface area (Å²) in [4.78, 5) is 10.9. The van der Waals surface area contributed by atoms with Crippen LogP contribution in [0.1, 0.15) is 21.5 Å². The zero-order valence-corrected chi connectivity index (χ0v) is 10.9. The summed E-state index contributed by atoms with van der Waals surface area (Å²) in [6.45, 7) is 1.70. The molecule has 0 aliphatic rings. The molecule has 0 bridgehead atoms. The molecule has 0 fully saturated rings. The number of aromatic hydroxyl groups is 1. The second-order valence-corrected chi connectivity index (χ2v) is 4.36. The number of carbonyl (C=O) groups excluding carboxylic acids is 1. The summed E-state index contributed by atoms with van der Waals surface area (Å²) >= 11 is 0. The van der Waals surface area contributed by atoms with Crippen LogP contribution in [0.2, 0.25) is 0 Å². The van der Waals surface area contributed by atoms with Gasteiger partial charge in [-0.25, -0.2) is 4.39 Å². The molecule has 2 aromatic carbocycles. The summed E-state index contributed by atoms with van der Waals surface area (Å²) in [5, 5.41) is 9.54. The Balaban J connectivity index is 2.15. The van der Waals surface area contributed by atoms with E-state index in [4.69, 9.17) is 10.5 Å². The predicted octanol–water partition coefficient (Wildman–Crippen LogP) is 2.52. The van der Waals surface area contributed by atoms with Crippen LogP contribution in [0.25, 0.3) is 0 Å². The Morgan fingerprint density at radius 2 is 2.10 bits per heavy atom. The normalized spacial score (nSPS) is 10.3. The molecule has 2 aromatic rings. The van der Waals surface area contributed by atoms with Gasteiger partial charge >= 0.3 is 0 Å². The lowest BCUT2D eigenvalue weighted by Gasteiger charge is -2.11.